The highest BCUT2D eigenvalue weighted by Gasteiger charge is 2.41. The van der Waals surface area contributed by atoms with E-state index in [1.165, 1.54) is 4.88 Å². The number of likely N-dealkylation sites (tertiary alicyclic amines) is 1. The number of aliphatic carboxylic acids is 1. The third-order valence-electron chi connectivity index (χ3n) is 3.51. The standard InChI is InChI=1S/C13H17NO3S/c1-13(12(16)17)6-7-14(9-13)11(15)5-4-10-3-2-8-18-10/h2-3,8H,4-7,9H2,1H3,(H,16,17)/t13-/m1/s1. The molecule has 2 heterocycles. The van der Waals surface area contributed by atoms with Crippen molar-refractivity contribution in [3.8, 4) is 0 Å². The van der Waals surface area contributed by atoms with Crippen molar-refractivity contribution in [1.29, 1.82) is 0 Å². The van der Waals surface area contributed by atoms with Gasteiger partial charge in [-0.3, -0.25) is 9.59 Å². The minimum absolute atomic E-state index is 0.0633. The van der Waals surface area contributed by atoms with E-state index in [1.54, 1.807) is 23.2 Å². The first kappa shape index (κ1) is 13.1. The van der Waals surface area contributed by atoms with Crippen LogP contribution >= 0.6 is 11.3 Å². The topological polar surface area (TPSA) is 57.6 Å². The van der Waals surface area contributed by atoms with Crippen LogP contribution in [-0.2, 0) is 16.0 Å². The average molecular weight is 267 g/mol. The van der Waals surface area contributed by atoms with Crippen molar-refractivity contribution in [1.82, 2.24) is 4.90 Å². The number of carbonyl (C=O) groups is 2. The summed E-state index contributed by atoms with van der Waals surface area (Å²) < 4.78 is 0. The lowest BCUT2D eigenvalue weighted by molar-refractivity contribution is -0.147. The number of carbonyl (C=O) groups excluding carboxylic acids is 1. The van der Waals surface area contributed by atoms with Gasteiger partial charge in [0.1, 0.15) is 0 Å². The van der Waals surface area contributed by atoms with Crippen LogP contribution in [0.4, 0.5) is 0 Å². The number of nitrogens with zero attached hydrogens (tertiary/aromatic N) is 1. The van der Waals surface area contributed by atoms with Gasteiger partial charge in [-0.1, -0.05) is 6.07 Å². The largest absolute Gasteiger partial charge is 0.481 e. The lowest BCUT2D eigenvalue weighted by Gasteiger charge is -2.20. The molecule has 1 aromatic heterocycles. The molecule has 0 saturated carbocycles. The molecule has 0 radical (unpaired) electrons. The van der Waals surface area contributed by atoms with Crippen molar-refractivity contribution in [2.45, 2.75) is 26.2 Å². The highest BCUT2D eigenvalue weighted by molar-refractivity contribution is 7.09. The number of aryl methyl sites for hydroxylation is 1. The summed E-state index contributed by atoms with van der Waals surface area (Å²) in [6.45, 7) is 2.61. The Morgan fingerprint density at radius 1 is 1.56 bits per heavy atom. The van der Waals surface area contributed by atoms with Crippen molar-refractivity contribution in [2.75, 3.05) is 13.1 Å². The molecule has 0 spiro atoms. The van der Waals surface area contributed by atoms with E-state index in [-0.39, 0.29) is 5.91 Å². The molecule has 1 aliphatic rings. The third-order valence-corrected chi connectivity index (χ3v) is 4.44. The summed E-state index contributed by atoms with van der Waals surface area (Å²) in [6, 6.07) is 3.99. The third kappa shape index (κ3) is 2.72. The number of thiophene rings is 1. The van der Waals surface area contributed by atoms with E-state index in [0.717, 1.165) is 6.42 Å². The summed E-state index contributed by atoms with van der Waals surface area (Å²) >= 11 is 1.65. The molecule has 98 valence electrons. The van der Waals surface area contributed by atoms with Crippen LogP contribution in [0.25, 0.3) is 0 Å². The van der Waals surface area contributed by atoms with Crippen LogP contribution in [0, 0.1) is 5.41 Å². The van der Waals surface area contributed by atoms with Gasteiger partial charge in [0.2, 0.25) is 5.91 Å². The van der Waals surface area contributed by atoms with E-state index in [1.807, 2.05) is 17.5 Å². The van der Waals surface area contributed by atoms with E-state index in [4.69, 9.17) is 5.11 Å². The number of hydrogen-bond donors (Lipinski definition) is 1. The van der Waals surface area contributed by atoms with Gasteiger partial charge in [0.05, 0.1) is 5.41 Å². The molecule has 1 fully saturated rings. The van der Waals surface area contributed by atoms with E-state index >= 15 is 0 Å². The van der Waals surface area contributed by atoms with Gasteiger partial charge in [-0.15, -0.1) is 11.3 Å². The Balaban J connectivity index is 1.86. The number of hydrogen-bond acceptors (Lipinski definition) is 3. The maximum absolute atomic E-state index is 12.0. The van der Waals surface area contributed by atoms with E-state index in [2.05, 4.69) is 0 Å². The maximum Gasteiger partial charge on any atom is 0.311 e. The van der Waals surface area contributed by atoms with Gasteiger partial charge in [-0.25, -0.2) is 0 Å². The Labute approximate surface area is 110 Å². The summed E-state index contributed by atoms with van der Waals surface area (Å²) in [6.07, 6.45) is 1.76. The molecular weight excluding hydrogens is 250 g/mol. The van der Waals surface area contributed by atoms with Crippen molar-refractivity contribution in [3.05, 3.63) is 22.4 Å². The maximum atomic E-state index is 12.0. The van der Waals surface area contributed by atoms with E-state index in [9.17, 15) is 9.59 Å². The summed E-state index contributed by atoms with van der Waals surface area (Å²) in [5.74, 6) is -0.746. The Kier molecular flexibility index (Phi) is 3.71. The second kappa shape index (κ2) is 5.10. The lowest BCUT2D eigenvalue weighted by atomic mass is 9.90. The lowest BCUT2D eigenvalue weighted by Crippen LogP contribution is -2.34. The summed E-state index contributed by atoms with van der Waals surface area (Å²) in [4.78, 5) is 26.0. The Morgan fingerprint density at radius 2 is 2.33 bits per heavy atom. The predicted molar refractivity (Wildman–Crippen MR) is 69.6 cm³/mol. The monoisotopic (exact) mass is 267 g/mol. The van der Waals surface area contributed by atoms with Crippen molar-refractivity contribution < 1.29 is 14.7 Å². The van der Waals surface area contributed by atoms with Gasteiger partial charge >= 0.3 is 5.97 Å². The Hall–Kier alpha value is -1.36. The zero-order valence-corrected chi connectivity index (χ0v) is 11.2. The fourth-order valence-corrected chi connectivity index (χ4v) is 2.90. The smallest absolute Gasteiger partial charge is 0.311 e. The highest BCUT2D eigenvalue weighted by atomic mass is 32.1. The highest BCUT2D eigenvalue weighted by Crippen LogP contribution is 2.30. The van der Waals surface area contributed by atoms with Gasteiger partial charge in [0.15, 0.2) is 0 Å². The Bertz CT molecular complexity index is 443. The SMILES string of the molecule is C[C@@]1(C(=O)O)CCN(C(=O)CCc2cccs2)C1. The van der Waals surface area contributed by atoms with Crippen LogP contribution in [0.2, 0.25) is 0 Å². The Morgan fingerprint density at radius 3 is 2.89 bits per heavy atom. The van der Waals surface area contributed by atoms with Gasteiger partial charge in [-0.05, 0) is 31.2 Å². The predicted octanol–water partition coefficient (Wildman–Crippen LogP) is 2.00. The second-order valence-corrected chi connectivity index (χ2v) is 6.04. The second-order valence-electron chi connectivity index (χ2n) is 5.01. The minimum atomic E-state index is -0.809. The molecule has 1 amide bonds. The first-order valence-corrected chi connectivity index (χ1v) is 6.93. The summed E-state index contributed by atoms with van der Waals surface area (Å²) in [5, 5.41) is 11.1. The molecule has 18 heavy (non-hydrogen) atoms. The van der Waals surface area contributed by atoms with Crippen LogP contribution in [-0.4, -0.2) is 35.0 Å². The molecule has 1 saturated heterocycles. The quantitative estimate of drug-likeness (QED) is 0.907. The fourth-order valence-electron chi connectivity index (χ4n) is 2.19. The number of carboxylic acids is 1. The van der Waals surface area contributed by atoms with E-state index < -0.39 is 11.4 Å². The molecular formula is C13H17NO3S. The van der Waals surface area contributed by atoms with Crippen LogP contribution in [0.1, 0.15) is 24.6 Å². The molecule has 1 aromatic rings. The zero-order valence-electron chi connectivity index (χ0n) is 10.4. The average Bonchev–Trinajstić information content (AvgIpc) is 2.95. The van der Waals surface area contributed by atoms with Crippen molar-refractivity contribution in [2.24, 2.45) is 5.41 Å². The van der Waals surface area contributed by atoms with E-state index in [0.29, 0.717) is 25.9 Å². The normalized spacial score (nSPS) is 23.3. The van der Waals surface area contributed by atoms with Crippen LogP contribution in [0.15, 0.2) is 17.5 Å². The molecule has 4 nitrogen and oxygen atoms in total. The number of amides is 1. The first-order chi connectivity index (χ1) is 8.51. The number of rotatable bonds is 4. The zero-order chi connectivity index (χ0) is 13.2. The van der Waals surface area contributed by atoms with Crippen LogP contribution in [0.3, 0.4) is 0 Å². The van der Waals surface area contributed by atoms with Crippen molar-refractivity contribution in [3.63, 3.8) is 0 Å². The molecule has 1 atom stereocenters. The van der Waals surface area contributed by atoms with Gasteiger partial charge < -0.3 is 10.0 Å². The van der Waals surface area contributed by atoms with Crippen LogP contribution < -0.4 is 0 Å². The number of carboxylic acid groups (broad SMARTS) is 1. The van der Waals surface area contributed by atoms with Gasteiger partial charge in [-0.2, -0.15) is 0 Å². The first-order valence-electron chi connectivity index (χ1n) is 6.05. The molecule has 0 bridgehead atoms. The molecule has 2 rings (SSSR count). The van der Waals surface area contributed by atoms with Gasteiger partial charge in [0.25, 0.3) is 0 Å². The molecule has 0 unspecified atom stereocenters. The summed E-state index contributed by atoms with van der Waals surface area (Å²) in [7, 11) is 0. The van der Waals surface area contributed by atoms with Gasteiger partial charge in [0, 0.05) is 24.4 Å². The summed E-state index contributed by atoms with van der Waals surface area (Å²) in [5.41, 5.74) is -0.765. The molecule has 0 aliphatic carbocycles. The molecule has 5 heteroatoms. The molecule has 1 aliphatic heterocycles. The fraction of sp³-hybridized carbons (Fsp3) is 0.538. The molecule has 0 aromatic carbocycles. The minimum Gasteiger partial charge on any atom is -0.481 e. The van der Waals surface area contributed by atoms with Crippen LogP contribution in [0.5, 0.6) is 0 Å². The molecule has 1 N–H and O–H groups in total. The van der Waals surface area contributed by atoms with Crippen molar-refractivity contribution >= 4 is 23.2 Å².